The Labute approximate surface area is 116 Å². The molecule has 0 saturated carbocycles. The highest BCUT2D eigenvalue weighted by Gasteiger charge is 2.21. The molecule has 108 valence electrons. The Morgan fingerprint density at radius 2 is 2.15 bits per heavy atom. The Bertz CT molecular complexity index is 641. The predicted molar refractivity (Wildman–Crippen MR) is 75.9 cm³/mol. The first-order valence-corrected chi connectivity index (χ1v) is 6.81. The topological polar surface area (TPSA) is 95.5 Å². The fraction of sp³-hybridized carbons (Fsp3) is 0.583. The van der Waals surface area contributed by atoms with Gasteiger partial charge in [0.2, 0.25) is 0 Å². The van der Waals surface area contributed by atoms with E-state index in [1.807, 2.05) is 6.07 Å². The van der Waals surface area contributed by atoms with Gasteiger partial charge >= 0.3 is 5.69 Å². The summed E-state index contributed by atoms with van der Waals surface area (Å²) in [6.07, 6.45) is 1.52. The van der Waals surface area contributed by atoms with Crippen molar-refractivity contribution in [3.63, 3.8) is 0 Å². The molecule has 0 spiro atoms. The highest BCUT2D eigenvalue weighted by Crippen LogP contribution is 2.15. The smallest absolute Gasteiger partial charge is 0.348 e. The van der Waals surface area contributed by atoms with Gasteiger partial charge in [0.25, 0.3) is 0 Å². The van der Waals surface area contributed by atoms with E-state index in [0.717, 1.165) is 32.0 Å². The lowest BCUT2D eigenvalue weighted by atomic mass is 10.2. The molecule has 8 nitrogen and oxygen atoms in total. The molecular formula is C12H19N7O. The van der Waals surface area contributed by atoms with Crippen molar-refractivity contribution in [3.05, 3.63) is 22.9 Å². The highest BCUT2D eigenvalue weighted by molar-refractivity contribution is 5.50. The molecule has 8 heteroatoms. The number of nitrogens with two attached hydrogens (primary N) is 1. The molecule has 1 fully saturated rings. The second kappa shape index (κ2) is 5.22. The van der Waals surface area contributed by atoms with E-state index in [0.29, 0.717) is 18.2 Å². The number of anilines is 1. The summed E-state index contributed by atoms with van der Waals surface area (Å²) in [5, 5.41) is 6.38. The first-order valence-electron chi connectivity index (χ1n) is 6.81. The molecule has 3 rings (SSSR count). The largest absolute Gasteiger partial charge is 0.354 e. The van der Waals surface area contributed by atoms with Crippen molar-refractivity contribution in [1.82, 2.24) is 24.5 Å². The van der Waals surface area contributed by atoms with Crippen molar-refractivity contribution in [1.29, 1.82) is 0 Å². The van der Waals surface area contributed by atoms with Gasteiger partial charge in [0.15, 0.2) is 5.65 Å². The lowest BCUT2D eigenvalue weighted by molar-refractivity contribution is 0.201. The summed E-state index contributed by atoms with van der Waals surface area (Å²) < 4.78 is 1.40. The number of hydrogen-bond acceptors (Lipinski definition) is 6. The molecule has 1 aliphatic rings. The van der Waals surface area contributed by atoms with Gasteiger partial charge in [0.05, 0.1) is 0 Å². The molecule has 3 heterocycles. The van der Waals surface area contributed by atoms with Crippen molar-refractivity contribution in [2.24, 2.45) is 5.73 Å². The van der Waals surface area contributed by atoms with Crippen LogP contribution in [0, 0.1) is 0 Å². The van der Waals surface area contributed by atoms with E-state index in [1.54, 1.807) is 0 Å². The predicted octanol–water partition coefficient (Wildman–Crippen LogP) is -1.11. The number of aromatic amines is 1. The average molecular weight is 277 g/mol. The number of H-pyrrole nitrogens is 1. The second-order valence-corrected chi connectivity index (χ2v) is 5.11. The minimum atomic E-state index is -0.263. The van der Waals surface area contributed by atoms with Crippen LogP contribution in [0.5, 0.6) is 0 Å². The fourth-order valence-corrected chi connectivity index (χ4v) is 2.51. The lowest BCUT2D eigenvalue weighted by Crippen LogP contribution is -2.51. The third-order valence-electron chi connectivity index (χ3n) is 3.90. The minimum Gasteiger partial charge on any atom is -0.354 e. The van der Waals surface area contributed by atoms with Gasteiger partial charge in [-0.25, -0.2) is 19.3 Å². The van der Waals surface area contributed by atoms with E-state index in [1.165, 1.54) is 10.7 Å². The summed E-state index contributed by atoms with van der Waals surface area (Å²) in [5.41, 5.74) is 6.03. The zero-order valence-electron chi connectivity index (χ0n) is 11.5. The summed E-state index contributed by atoms with van der Waals surface area (Å²) in [6, 6.07) is 2.25. The standard InChI is InChI=1S/C12H19N7O/c1-9(7-13)17-2-4-18(5-3-17)10-6-11-15-16-12(20)19(11)8-14-10/h6,8-9H,2-5,7,13H2,1H3,(H,16,20). The van der Waals surface area contributed by atoms with Crippen LogP contribution in [0.2, 0.25) is 0 Å². The van der Waals surface area contributed by atoms with Gasteiger partial charge in [-0.15, -0.1) is 0 Å². The summed E-state index contributed by atoms with van der Waals surface area (Å²) in [4.78, 5) is 20.3. The Hall–Kier alpha value is -1.93. The Morgan fingerprint density at radius 1 is 1.40 bits per heavy atom. The van der Waals surface area contributed by atoms with E-state index < -0.39 is 0 Å². The Balaban J connectivity index is 1.74. The van der Waals surface area contributed by atoms with Crippen LogP contribution >= 0.6 is 0 Å². The van der Waals surface area contributed by atoms with Gasteiger partial charge in [-0.3, -0.25) is 4.90 Å². The number of rotatable bonds is 3. The molecule has 1 aliphatic heterocycles. The highest BCUT2D eigenvalue weighted by atomic mass is 16.1. The third kappa shape index (κ3) is 2.27. The molecular weight excluding hydrogens is 258 g/mol. The van der Waals surface area contributed by atoms with Crippen molar-refractivity contribution >= 4 is 11.5 Å². The van der Waals surface area contributed by atoms with Crippen molar-refractivity contribution in [2.45, 2.75) is 13.0 Å². The summed E-state index contributed by atoms with van der Waals surface area (Å²) in [6.45, 7) is 6.58. The van der Waals surface area contributed by atoms with Crippen LogP contribution < -0.4 is 16.3 Å². The van der Waals surface area contributed by atoms with Gasteiger partial charge < -0.3 is 10.6 Å². The quantitative estimate of drug-likeness (QED) is 0.738. The lowest BCUT2D eigenvalue weighted by Gasteiger charge is -2.38. The second-order valence-electron chi connectivity index (χ2n) is 5.11. The summed E-state index contributed by atoms with van der Waals surface area (Å²) in [5.74, 6) is 0.858. The summed E-state index contributed by atoms with van der Waals surface area (Å²) >= 11 is 0. The zero-order chi connectivity index (χ0) is 14.1. The van der Waals surface area contributed by atoms with Crippen molar-refractivity contribution < 1.29 is 0 Å². The molecule has 2 aromatic rings. The van der Waals surface area contributed by atoms with Crippen molar-refractivity contribution in [2.75, 3.05) is 37.6 Å². The first kappa shape index (κ1) is 13.1. The first-order chi connectivity index (χ1) is 9.69. The molecule has 0 aliphatic carbocycles. The molecule has 0 amide bonds. The Kier molecular flexibility index (Phi) is 3.41. The van der Waals surface area contributed by atoms with Gasteiger partial charge in [0.1, 0.15) is 12.1 Å². The molecule has 0 bridgehead atoms. The average Bonchev–Trinajstić information content (AvgIpc) is 2.87. The maximum Gasteiger partial charge on any atom is 0.348 e. The van der Waals surface area contributed by atoms with E-state index >= 15 is 0 Å². The monoisotopic (exact) mass is 277 g/mol. The minimum absolute atomic E-state index is 0.263. The maximum absolute atomic E-state index is 11.4. The van der Waals surface area contributed by atoms with Gasteiger partial charge in [-0.2, -0.15) is 5.10 Å². The van der Waals surface area contributed by atoms with E-state index in [4.69, 9.17) is 5.73 Å². The number of fused-ring (bicyclic) bond motifs is 1. The molecule has 0 radical (unpaired) electrons. The van der Waals surface area contributed by atoms with Crippen LogP contribution in [0.4, 0.5) is 5.82 Å². The number of nitrogens with one attached hydrogen (secondary N) is 1. The zero-order valence-corrected chi connectivity index (χ0v) is 11.5. The molecule has 1 atom stereocenters. The van der Waals surface area contributed by atoms with Gasteiger partial charge in [0, 0.05) is 44.8 Å². The van der Waals surface area contributed by atoms with Crippen LogP contribution in [0.1, 0.15) is 6.92 Å². The fourth-order valence-electron chi connectivity index (χ4n) is 2.51. The third-order valence-corrected chi connectivity index (χ3v) is 3.90. The van der Waals surface area contributed by atoms with Crippen LogP contribution in [0.25, 0.3) is 5.65 Å². The van der Waals surface area contributed by atoms with E-state index in [-0.39, 0.29) is 5.69 Å². The Morgan fingerprint density at radius 3 is 2.85 bits per heavy atom. The SMILES string of the molecule is CC(CN)N1CCN(c2cc3n[nH]c(=O)n3cn2)CC1. The number of nitrogens with zero attached hydrogens (tertiary/aromatic N) is 5. The van der Waals surface area contributed by atoms with Crippen LogP contribution in [0.3, 0.4) is 0 Å². The number of hydrogen-bond donors (Lipinski definition) is 2. The number of piperazine rings is 1. The maximum atomic E-state index is 11.4. The molecule has 1 saturated heterocycles. The molecule has 3 N–H and O–H groups in total. The van der Waals surface area contributed by atoms with Gasteiger partial charge in [-0.05, 0) is 6.92 Å². The van der Waals surface area contributed by atoms with Crippen LogP contribution in [-0.2, 0) is 0 Å². The summed E-state index contributed by atoms with van der Waals surface area (Å²) in [7, 11) is 0. The molecule has 1 unspecified atom stereocenters. The van der Waals surface area contributed by atoms with Crippen LogP contribution in [0.15, 0.2) is 17.2 Å². The molecule has 20 heavy (non-hydrogen) atoms. The van der Waals surface area contributed by atoms with Crippen molar-refractivity contribution in [3.8, 4) is 0 Å². The van der Waals surface area contributed by atoms with Crippen LogP contribution in [-0.4, -0.2) is 63.2 Å². The van der Waals surface area contributed by atoms with Gasteiger partial charge in [-0.1, -0.05) is 0 Å². The van der Waals surface area contributed by atoms with E-state index in [2.05, 4.69) is 31.9 Å². The molecule has 2 aromatic heterocycles. The van der Waals surface area contributed by atoms with E-state index in [9.17, 15) is 4.79 Å². The molecule has 0 aromatic carbocycles. The number of aromatic nitrogens is 4. The normalized spacial score (nSPS) is 18.6.